The van der Waals surface area contributed by atoms with Gasteiger partial charge in [-0.05, 0) is 29.3 Å². The van der Waals surface area contributed by atoms with Gasteiger partial charge in [0.25, 0.3) is 0 Å². The standard InChI is InChI=1S/C45H27N3O2/c1-3-13-28(14-4-1)43-46-44(29-15-5-2-6-16-29)48-45(47-43)37-19-8-7-17-32(37)34-21-12-23-36-38-27-30(25-26-40(38)50-42(34)36)31-20-11-22-35-33-18-9-10-24-39(33)49-41(31)35/h1-27H. The second kappa shape index (κ2) is 11.4. The van der Waals surface area contributed by atoms with Crippen LogP contribution < -0.4 is 0 Å². The third-order valence-corrected chi connectivity index (χ3v) is 9.37. The number of rotatable bonds is 5. The molecule has 0 radical (unpaired) electrons. The molecule has 7 aromatic carbocycles. The number of fused-ring (bicyclic) bond motifs is 6. The summed E-state index contributed by atoms with van der Waals surface area (Å²) in [6.07, 6.45) is 0. The van der Waals surface area contributed by atoms with Crippen LogP contribution in [0.1, 0.15) is 0 Å². The minimum atomic E-state index is 0.600. The Bertz CT molecular complexity index is 2810. The van der Waals surface area contributed by atoms with E-state index in [4.69, 9.17) is 23.8 Å². The first-order valence-electron chi connectivity index (χ1n) is 16.6. The summed E-state index contributed by atoms with van der Waals surface area (Å²) in [6.45, 7) is 0. The summed E-state index contributed by atoms with van der Waals surface area (Å²) >= 11 is 0. The molecule has 10 rings (SSSR count). The highest BCUT2D eigenvalue weighted by Gasteiger charge is 2.20. The third kappa shape index (κ3) is 4.60. The molecule has 3 heterocycles. The molecule has 0 fully saturated rings. The largest absolute Gasteiger partial charge is 0.455 e. The summed E-state index contributed by atoms with van der Waals surface area (Å²) in [5.41, 5.74) is 10.2. The van der Waals surface area contributed by atoms with Crippen molar-refractivity contribution in [2.75, 3.05) is 0 Å². The number of nitrogens with zero attached hydrogens (tertiary/aromatic N) is 3. The maximum Gasteiger partial charge on any atom is 0.164 e. The van der Waals surface area contributed by atoms with Gasteiger partial charge in [-0.2, -0.15) is 0 Å². The zero-order valence-electron chi connectivity index (χ0n) is 26.7. The number of para-hydroxylation sites is 3. The number of furan rings is 2. The number of aromatic nitrogens is 3. The van der Waals surface area contributed by atoms with Crippen LogP contribution in [0.2, 0.25) is 0 Å². The van der Waals surface area contributed by atoms with E-state index in [0.29, 0.717) is 17.5 Å². The molecule has 0 spiro atoms. The number of hydrogen-bond donors (Lipinski definition) is 0. The van der Waals surface area contributed by atoms with E-state index in [9.17, 15) is 0 Å². The molecule has 0 aliphatic carbocycles. The molecule has 0 bridgehead atoms. The molecular formula is C45H27N3O2. The first-order valence-corrected chi connectivity index (χ1v) is 16.6. The number of benzene rings is 7. The Morgan fingerprint density at radius 2 is 0.800 bits per heavy atom. The minimum absolute atomic E-state index is 0.600. The van der Waals surface area contributed by atoms with Gasteiger partial charge in [-0.25, -0.2) is 15.0 Å². The number of hydrogen-bond acceptors (Lipinski definition) is 5. The molecule has 3 aromatic heterocycles. The van der Waals surface area contributed by atoms with Crippen molar-refractivity contribution in [3.63, 3.8) is 0 Å². The Labute approximate surface area is 287 Å². The monoisotopic (exact) mass is 641 g/mol. The maximum atomic E-state index is 6.66. The van der Waals surface area contributed by atoms with Crippen molar-refractivity contribution in [2.45, 2.75) is 0 Å². The summed E-state index contributed by atoms with van der Waals surface area (Å²) in [5.74, 6) is 1.85. The molecule has 234 valence electrons. The Morgan fingerprint density at radius 3 is 1.52 bits per heavy atom. The van der Waals surface area contributed by atoms with E-state index in [2.05, 4.69) is 78.9 Å². The van der Waals surface area contributed by atoms with Gasteiger partial charge >= 0.3 is 0 Å². The van der Waals surface area contributed by atoms with E-state index in [0.717, 1.165) is 82.8 Å². The summed E-state index contributed by atoms with van der Waals surface area (Å²) in [7, 11) is 0. The van der Waals surface area contributed by atoms with E-state index in [-0.39, 0.29) is 0 Å². The lowest BCUT2D eigenvalue weighted by Crippen LogP contribution is -2.01. The van der Waals surface area contributed by atoms with Gasteiger partial charge in [0.15, 0.2) is 17.5 Å². The van der Waals surface area contributed by atoms with Crippen LogP contribution in [0.3, 0.4) is 0 Å². The fraction of sp³-hybridized carbons (Fsp3) is 0. The fourth-order valence-electron chi connectivity index (χ4n) is 6.99. The molecule has 0 N–H and O–H groups in total. The molecule has 0 atom stereocenters. The maximum absolute atomic E-state index is 6.66. The summed E-state index contributed by atoms with van der Waals surface area (Å²) in [5, 5.41) is 4.31. The average Bonchev–Trinajstić information content (AvgIpc) is 3.77. The molecule has 0 unspecified atom stereocenters. The van der Waals surface area contributed by atoms with E-state index in [1.165, 1.54) is 0 Å². The van der Waals surface area contributed by atoms with Crippen molar-refractivity contribution in [2.24, 2.45) is 0 Å². The SMILES string of the molecule is c1ccc(-c2nc(-c3ccccc3)nc(-c3ccccc3-c3cccc4c3oc3ccc(-c5cccc6c5oc5ccccc56)cc34)n2)cc1. The molecule has 0 saturated carbocycles. The Hall–Kier alpha value is -6.85. The average molecular weight is 642 g/mol. The zero-order chi connectivity index (χ0) is 33.0. The van der Waals surface area contributed by atoms with Crippen LogP contribution in [0.4, 0.5) is 0 Å². The van der Waals surface area contributed by atoms with Crippen molar-refractivity contribution in [3.8, 4) is 56.4 Å². The molecule has 0 amide bonds. The Morgan fingerprint density at radius 1 is 0.300 bits per heavy atom. The molecule has 0 saturated heterocycles. The smallest absolute Gasteiger partial charge is 0.164 e. The first-order chi connectivity index (χ1) is 24.8. The second-order valence-electron chi connectivity index (χ2n) is 12.4. The van der Waals surface area contributed by atoms with Crippen molar-refractivity contribution >= 4 is 43.9 Å². The quantitative estimate of drug-likeness (QED) is 0.187. The summed E-state index contributed by atoms with van der Waals surface area (Å²) in [4.78, 5) is 15.0. The predicted octanol–water partition coefficient (Wildman–Crippen LogP) is 12.0. The van der Waals surface area contributed by atoms with Gasteiger partial charge in [-0.1, -0.05) is 146 Å². The van der Waals surface area contributed by atoms with Gasteiger partial charge in [-0.15, -0.1) is 0 Å². The lowest BCUT2D eigenvalue weighted by atomic mass is 9.96. The molecular weight excluding hydrogens is 615 g/mol. The molecule has 10 aromatic rings. The summed E-state index contributed by atoms with van der Waals surface area (Å²) in [6, 6.07) is 55.6. The van der Waals surface area contributed by atoms with E-state index < -0.39 is 0 Å². The Kier molecular flexibility index (Phi) is 6.42. The normalized spacial score (nSPS) is 11.6. The summed E-state index contributed by atoms with van der Waals surface area (Å²) < 4.78 is 13.0. The van der Waals surface area contributed by atoms with Crippen molar-refractivity contribution < 1.29 is 8.83 Å². The molecule has 0 aliphatic heterocycles. The van der Waals surface area contributed by atoms with Gasteiger partial charge in [0.1, 0.15) is 22.3 Å². The van der Waals surface area contributed by atoms with E-state index in [1.54, 1.807) is 0 Å². The Balaban J connectivity index is 1.14. The second-order valence-corrected chi connectivity index (χ2v) is 12.4. The van der Waals surface area contributed by atoms with Crippen molar-refractivity contribution in [1.82, 2.24) is 15.0 Å². The van der Waals surface area contributed by atoms with Crippen molar-refractivity contribution in [1.29, 1.82) is 0 Å². The predicted molar refractivity (Wildman–Crippen MR) is 202 cm³/mol. The van der Waals surface area contributed by atoms with Crippen LogP contribution in [-0.2, 0) is 0 Å². The van der Waals surface area contributed by atoms with Crippen LogP contribution in [-0.4, -0.2) is 15.0 Å². The molecule has 0 aliphatic rings. The molecule has 50 heavy (non-hydrogen) atoms. The van der Waals surface area contributed by atoms with Crippen LogP contribution in [0.15, 0.2) is 173 Å². The minimum Gasteiger partial charge on any atom is -0.455 e. The molecule has 5 nitrogen and oxygen atoms in total. The highest BCUT2D eigenvalue weighted by Crippen LogP contribution is 2.42. The van der Waals surface area contributed by atoms with Gasteiger partial charge in [0.2, 0.25) is 0 Å². The lowest BCUT2D eigenvalue weighted by Gasteiger charge is -2.12. The highest BCUT2D eigenvalue weighted by atomic mass is 16.3. The molecule has 5 heteroatoms. The fourth-order valence-corrected chi connectivity index (χ4v) is 6.99. The van der Waals surface area contributed by atoms with Crippen molar-refractivity contribution in [3.05, 3.63) is 164 Å². The first kappa shape index (κ1) is 28.2. The zero-order valence-corrected chi connectivity index (χ0v) is 26.7. The van der Waals surface area contributed by atoms with E-state index >= 15 is 0 Å². The van der Waals surface area contributed by atoms with Crippen LogP contribution >= 0.6 is 0 Å². The van der Waals surface area contributed by atoms with Gasteiger partial charge < -0.3 is 8.83 Å². The van der Waals surface area contributed by atoms with Gasteiger partial charge in [0, 0.05) is 49.4 Å². The third-order valence-electron chi connectivity index (χ3n) is 9.37. The van der Waals surface area contributed by atoms with Gasteiger partial charge in [0.05, 0.1) is 0 Å². The van der Waals surface area contributed by atoms with Crippen LogP contribution in [0, 0.1) is 0 Å². The van der Waals surface area contributed by atoms with E-state index in [1.807, 2.05) is 84.9 Å². The van der Waals surface area contributed by atoms with Crippen LogP contribution in [0.25, 0.3) is 100 Å². The lowest BCUT2D eigenvalue weighted by molar-refractivity contribution is 0.669. The van der Waals surface area contributed by atoms with Crippen LogP contribution in [0.5, 0.6) is 0 Å². The topological polar surface area (TPSA) is 65.0 Å². The highest BCUT2D eigenvalue weighted by molar-refractivity contribution is 6.13. The van der Waals surface area contributed by atoms with Gasteiger partial charge in [-0.3, -0.25) is 0 Å².